The normalized spacial score (nSPS) is 17.9. The van der Waals surface area contributed by atoms with Gasteiger partial charge in [0.15, 0.2) is 17.6 Å². The Morgan fingerprint density at radius 3 is 2.74 bits per heavy atom. The van der Waals surface area contributed by atoms with Crippen molar-refractivity contribution in [2.24, 2.45) is 5.16 Å². The van der Waals surface area contributed by atoms with E-state index in [1.807, 2.05) is 0 Å². The van der Waals surface area contributed by atoms with Gasteiger partial charge in [0.1, 0.15) is 5.69 Å². The van der Waals surface area contributed by atoms with Crippen molar-refractivity contribution in [2.75, 3.05) is 12.8 Å². The molecule has 1 aromatic heterocycles. The van der Waals surface area contributed by atoms with Crippen LogP contribution < -0.4 is 5.73 Å². The topological polar surface area (TPSA) is 86.8 Å². The van der Waals surface area contributed by atoms with Gasteiger partial charge in [-0.05, 0) is 13.8 Å². The van der Waals surface area contributed by atoms with Crippen molar-refractivity contribution in [3.05, 3.63) is 22.8 Å². The minimum Gasteiger partial charge on any atom is -0.464 e. The summed E-state index contributed by atoms with van der Waals surface area (Å²) in [6, 6.07) is 0. The van der Waals surface area contributed by atoms with E-state index in [2.05, 4.69) is 14.9 Å². The Labute approximate surface area is 109 Å². The molecule has 1 aromatic rings. The number of oxime groups is 1. The summed E-state index contributed by atoms with van der Waals surface area (Å²) in [6.07, 6.45) is -0.251. The Bertz CT molecular complexity index is 572. The lowest BCUT2D eigenvalue weighted by Crippen LogP contribution is -2.16. The first-order valence-electron chi connectivity index (χ1n) is 5.68. The number of nitrogens with zero attached hydrogens (tertiary/aromatic N) is 2. The second-order valence-corrected chi connectivity index (χ2v) is 4.31. The summed E-state index contributed by atoms with van der Waals surface area (Å²) < 4.78 is 18.7. The van der Waals surface area contributed by atoms with Gasteiger partial charge in [0.05, 0.1) is 18.5 Å². The third kappa shape index (κ3) is 2.23. The molecule has 0 fully saturated rings. The van der Waals surface area contributed by atoms with Crippen molar-refractivity contribution in [3.63, 3.8) is 0 Å². The van der Waals surface area contributed by atoms with Gasteiger partial charge in [0.25, 0.3) is 0 Å². The summed E-state index contributed by atoms with van der Waals surface area (Å²) in [7, 11) is 1.22. The van der Waals surface area contributed by atoms with Crippen LogP contribution in [0, 0.1) is 12.7 Å². The lowest BCUT2D eigenvalue weighted by atomic mass is 10.1. The zero-order valence-electron chi connectivity index (χ0n) is 10.9. The number of pyridine rings is 1. The van der Waals surface area contributed by atoms with E-state index in [0.29, 0.717) is 6.42 Å². The predicted octanol–water partition coefficient (Wildman–Crippen LogP) is 1.74. The van der Waals surface area contributed by atoms with Crippen LogP contribution in [-0.4, -0.2) is 23.8 Å². The van der Waals surface area contributed by atoms with Crippen molar-refractivity contribution in [2.45, 2.75) is 26.4 Å². The van der Waals surface area contributed by atoms with Crippen LogP contribution in [-0.2, 0) is 9.57 Å². The molecule has 0 spiro atoms. The van der Waals surface area contributed by atoms with E-state index in [4.69, 9.17) is 10.6 Å². The first-order chi connectivity index (χ1) is 8.95. The van der Waals surface area contributed by atoms with Gasteiger partial charge in [-0.2, -0.15) is 0 Å². The lowest BCUT2D eigenvalue weighted by molar-refractivity contribution is 0.0587. The Balaban J connectivity index is 2.50. The summed E-state index contributed by atoms with van der Waals surface area (Å²) in [5.74, 6) is -1.35. The van der Waals surface area contributed by atoms with Crippen LogP contribution in [0.5, 0.6) is 0 Å². The summed E-state index contributed by atoms with van der Waals surface area (Å²) in [5, 5.41) is 3.73. The average Bonchev–Trinajstić information content (AvgIpc) is 2.82. The van der Waals surface area contributed by atoms with E-state index in [1.54, 1.807) is 6.92 Å². The molecule has 2 N–H and O–H groups in total. The second kappa shape index (κ2) is 4.83. The van der Waals surface area contributed by atoms with Gasteiger partial charge in [-0.25, -0.2) is 14.2 Å². The van der Waals surface area contributed by atoms with Gasteiger partial charge in [-0.3, -0.25) is 0 Å². The molecule has 0 saturated heterocycles. The van der Waals surface area contributed by atoms with Gasteiger partial charge in [0.2, 0.25) is 0 Å². The molecule has 6 nitrogen and oxygen atoms in total. The maximum Gasteiger partial charge on any atom is 0.357 e. The maximum atomic E-state index is 14.1. The monoisotopic (exact) mass is 267 g/mol. The molecule has 1 unspecified atom stereocenters. The Kier molecular flexibility index (Phi) is 3.37. The molecule has 0 amide bonds. The van der Waals surface area contributed by atoms with Crippen LogP contribution >= 0.6 is 0 Å². The second-order valence-electron chi connectivity index (χ2n) is 4.31. The molecule has 102 valence electrons. The zero-order chi connectivity index (χ0) is 14.2. The predicted molar refractivity (Wildman–Crippen MR) is 66.2 cm³/mol. The minimum atomic E-state index is -0.681. The third-order valence-electron chi connectivity index (χ3n) is 2.95. The Morgan fingerprint density at radius 1 is 1.53 bits per heavy atom. The molecule has 0 saturated carbocycles. The van der Waals surface area contributed by atoms with Gasteiger partial charge < -0.3 is 15.3 Å². The zero-order valence-corrected chi connectivity index (χ0v) is 10.9. The molecule has 2 rings (SSSR count). The molecule has 1 aliphatic heterocycles. The molecule has 19 heavy (non-hydrogen) atoms. The van der Waals surface area contributed by atoms with E-state index < -0.39 is 17.9 Å². The van der Waals surface area contributed by atoms with Crippen molar-refractivity contribution >= 4 is 17.4 Å². The number of nitrogen functional groups attached to an aromatic ring is 1. The number of ether oxygens (including phenoxy) is 1. The third-order valence-corrected chi connectivity index (χ3v) is 2.95. The molecule has 0 aromatic carbocycles. The van der Waals surface area contributed by atoms with Gasteiger partial charge in [-0.15, -0.1) is 0 Å². The first kappa shape index (κ1) is 13.3. The van der Waals surface area contributed by atoms with E-state index >= 15 is 0 Å². The number of carbonyl (C=O) groups excluding carboxylic acids is 1. The number of carbonyl (C=O) groups is 1. The fraction of sp³-hybridized carbons (Fsp3) is 0.417. The summed E-state index contributed by atoms with van der Waals surface area (Å²) >= 11 is 0. The van der Waals surface area contributed by atoms with Gasteiger partial charge in [0, 0.05) is 12.0 Å². The maximum absolute atomic E-state index is 14.1. The standard InChI is InChI=1S/C12H14FN3O3/c1-5-4-7(19-16-5)11-8(13)9(14)6(2)10(15-11)12(17)18-3/h7H,4H2,1-3H3,(H2,14,15). The number of rotatable bonds is 2. The molecule has 1 aliphatic rings. The number of hydrogen-bond donors (Lipinski definition) is 1. The molecule has 0 aliphatic carbocycles. The van der Waals surface area contributed by atoms with Gasteiger partial charge >= 0.3 is 5.97 Å². The number of hydrogen-bond acceptors (Lipinski definition) is 6. The van der Waals surface area contributed by atoms with Crippen molar-refractivity contribution in [3.8, 4) is 0 Å². The van der Waals surface area contributed by atoms with E-state index in [9.17, 15) is 9.18 Å². The summed E-state index contributed by atoms with van der Waals surface area (Å²) in [5.41, 5.74) is 6.48. The largest absolute Gasteiger partial charge is 0.464 e. The molecule has 1 atom stereocenters. The molecular formula is C12H14FN3O3. The number of aromatic nitrogens is 1. The van der Waals surface area contributed by atoms with Crippen LogP contribution in [0.4, 0.5) is 10.1 Å². The highest BCUT2D eigenvalue weighted by Crippen LogP contribution is 2.32. The van der Waals surface area contributed by atoms with Crippen LogP contribution in [0.25, 0.3) is 0 Å². The molecule has 0 bridgehead atoms. The van der Waals surface area contributed by atoms with Crippen molar-refractivity contribution < 1.29 is 18.8 Å². The number of methoxy groups -OCH3 is 1. The smallest absolute Gasteiger partial charge is 0.357 e. The Hall–Kier alpha value is -2.18. The highest BCUT2D eigenvalue weighted by atomic mass is 19.1. The molecule has 0 radical (unpaired) electrons. The quantitative estimate of drug-likeness (QED) is 0.824. The highest BCUT2D eigenvalue weighted by Gasteiger charge is 2.29. The van der Waals surface area contributed by atoms with E-state index in [-0.39, 0.29) is 22.6 Å². The number of esters is 1. The highest BCUT2D eigenvalue weighted by molar-refractivity contribution is 5.90. The van der Waals surface area contributed by atoms with Crippen LogP contribution in [0.15, 0.2) is 5.16 Å². The van der Waals surface area contributed by atoms with Crippen LogP contribution in [0.3, 0.4) is 0 Å². The van der Waals surface area contributed by atoms with Gasteiger partial charge in [-0.1, -0.05) is 5.16 Å². The van der Waals surface area contributed by atoms with Crippen LogP contribution in [0.2, 0.25) is 0 Å². The number of nitrogens with two attached hydrogens (primary N) is 1. The lowest BCUT2D eigenvalue weighted by Gasteiger charge is -2.14. The SMILES string of the molecule is COC(=O)c1nc(C2CC(C)=NO2)c(F)c(N)c1C. The van der Waals surface area contributed by atoms with E-state index in [0.717, 1.165) is 5.71 Å². The van der Waals surface area contributed by atoms with Crippen molar-refractivity contribution in [1.29, 1.82) is 0 Å². The summed E-state index contributed by atoms with van der Waals surface area (Å²) in [6.45, 7) is 3.27. The average molecular weight is 267 g/mol. The first-order valence-corrected chi connectivity index (χ1v) is 5.68. The Morgan fingerprint density at radius 2 is 2.21 bits per heavy atom. The molecule has 2 heterocycles. The molecular weight excluding hydrogens is 253 g/mol. The summed E-state index contributed by atoms with van der Waals surface area (Å²) in [4.78, 5) is 20.7. The molecule has 7 heteroatoms. The van der Waals surface area contributed by atoms with Crippen molar-refractivity contribution in [1.82, 2.24) is 4.98 Å². The van der Waals surface area contributed by atoms with Crippen LogP contribution in [0.1, 0.15) is 41.2 Å². The fourth-order valence-corrected chi connectivity index (χ4v) is 1.84. The number of halogens is 1. The fourth-order valence-electron chi connectivity index (χ4n) is 1.84. The van der Waals surface area contributed by atoms with E-state index in [1.165, 1.54) is 14.0 Å². The minimum absolute atomic E-state index is 0.00967. The number of anilines is 1.